The van der Waals surface area contributed by atoms with Gasteiger partial charge in [0, 0.05) is 24.5 Å². The Bertz CT molecular complexity index is 842. The van der Waals surface area contributed by atoms with Crippen molar-refractivity contribution in [1.82, 2.24) is 9.47 Å². The van der Waals surface area contributed by atoms with Crippen LogP contribution < -0.4 is 9.80 Å². The van der Waals surface area contributed by atoms with E-state index >= 15 is 0 Å². The first-order valence-corrected chi connectivity index (χ1v) is 10.4. The van der Waals surface area contributed by atoms with E-state index in [1.165, 1.54) is 9.80 Å². The number of fused-ring (bicyclic) bond motifs is 3. The van der Waals surface area contributed by atoms with E-state index in [1.807, 2.05) is 23.7 Å². The zero-order chi connectivity index (χ0) is 19.7. The van der Waals surface area contributed by atoms with Crippen LogP contribution in [0.1, 0.15) is 16.1 Å². The third-order valence-corrected chi connectivity index (χ3v) is 6.37. The van der Waals surface area contributed by atoms with Crippen molar-refractivity contribution in [3.63, 3.8) is 0 Å². The van der Waals surface area contributed by atoms with E-state index in [0.717, 1.165) is 67.8 Å². The van der Waals surface area contributed by atoms with Gasteiger partial charge in [0.1, 0.15) is 51.1 Å². The van der Waals surface area contributed by atoms with Gasteiger partial charge in [0.2, 0.25) is 0 Å². The molecule has 0 unspecified atom stereocenters. The number of rotatable bonds is 6. The summed E-state index contributed by atoms with van der Waals surface area (Å²) in [5, 5.41) is 21.1. The lowest BCUT2D eigenvalue weighted by Gasteiger charge is -2.31. The van der Waals surface area contributed by atoms with Gasteiger partial charge in [-0.25, -0.2) is 0 Å². The van der Waals surface area contributed by atoms with Gasteiger partial charge < -0.3 is 29.5 Å². The molecule has 0 aliphatic carbocycles. The highest BCUT2D eigenvalue weighted by atomic mass is 16.3. The maximum absolute atomic E-state index is 12.9. The highest BCUT2D eigenvalue weighted by Gasteiger charge is 2.31. The number of aliphatic hydroxyl groups is 2. The van der Waals surface area contributed by atoms with Gasteiger partial charge in [0.15, 0.2) is 0 Å². The molecular formula is C21H32N4O3+2. The fraction of sp³-hybridized carbons (Fsp3) is 0.571. The van der Waals surface area contributed by atoms with Gasteiger partial charge in [0.25, 0.3) is 5.91 Å². The van der Waals surface area contributed by atoms with Crippen LogP contribution in [-0.2, 0) is 13.0 Å². The second-order valence-corrected chi connectivity index (χ2v) is 8.26. The molecule has 2 aromatic rings. The summed E-state index contributed by atoms with van der Waals surface area (Å²) < 4.78 is 2.04. The predicted molar refractivity (Wildman–Crippen MR) is 107 cm³/mol. The number of quaternary nitrogens is 2. The van der Waals surface area contributed by atoms with E-state index in [9.17, 15) is 9.90 Å². The third-order valence-electron chi connectivity index (χ3n) is 6.37. The first-order chi connectivity index (χ1) is 13.6. The summed E-state index contributed by atoms with van der Waals surface area (Å²) in [5.74, 6) is 0.0539. The number of carbonyl (C=O) groups is 1. The standard InChI is InChI=1S/C21H30N4O3/c1-22-7-6-18-17-4-2-3-5-19(17)25(20(18)21(22)28)15-16(27)14-24-10-8-23(9-11-24)12-13-26/h2-5,16,26-27H,6-15H2,1H3/p+2/t16-/m1/s1. The summed E-state index contributed by atoms with van der Waals surface area (Å²) in [6, 6.07) is 8.16. The fourth-order valence-electron chi connectivity index (χ4n) is 4.80. The topological polar surface area (TPSA) is 74.6 Å². The molecule has 1 aromatic carbocycles. The normalized spacial score (nSPS) is 23.8. The Kier molecular flexibility index (Phi) is 5.68. The summed E-state index contributed by atoms with van der Waals surface area (Å²) in [4.78, 5) is 17.5. The number of likely N-dealkylation sites (N-methyl/N-ethyl adjacent to an activating group) is 1. The zero-order valence-corrected chi connectivity index (χ0v) is 16.7. The van der Waals surface area contributed by atoms with Crippen molar-refractivity contribution < 1.29 is 24.8 Å². The number of para-hydroxylation sites is 1. The molecular weight excluding hydrogens is 356 g/mol. The molecule has 4 rings (SSSR count). The molecule has 1 aromatic heterocycles. The van der Waals surface area contributed by atoms with E-state index < -0.39 is 6.10 Å². The average Bonchev–Trinajstić information content (AvgIpc) is 3.01. The van der Waals surface area contributed by atoms with Crippen LogP contribution in [0.15, 0.2) is 24.3 Å². The molecule has 1 atom stereocenters. The van der Waals surface area contributed by atoms with Crippen LogP contribution >= 0.6 is 0 Å². The molecule has 1 amide bonds. The Morgan fingerprint density at radius 1 is 1.14 bits per heavy atom. The third kappa shape index (κ3) is 3.67. The fourth-order valence-corrected chi connectivity index (χ4v) is 4.80. The van der Waals surface area contributed by atoms with Crippen LogP contribution in [0.4, 0.5) is 0 Å². The van der Waals surface area contributed by atoms with Crippen LogP contribution in [0.5, 0.6) is 0 Å². The van der Waals surface area contributed by atoms with Crippen LogP contribution in [0.25, 0.3) is 10.9 Å². The Labute approximate surface area is 165 Å². The molecule has 0 bridgehead atoms. The number of hydrogen-bond acceptors (Lipinski definition) is 3. The summed E-state index contributed by atoms with van der Waals surface area (Å²) in [7, 11) is 1.85. The van der Waals surface area contributed by atoms with E-state index in [2.05, 4.69) is 12.1 Å². The number of benzene rings is 1. The summed E-state index contributed by atoms with van der Waals surface area (Å²) >= 11 is 0. The molecule has 7 nitrogen and oxygen atoms in total. The first kappa shape index (κ1) is 19.4. The Morgan fingerprint density at radius 3 is 2.61 bits per heavy atom. The molecule has 152 valence electrons. The molecule has 0 spiro atoms. The smallest absolute Gasteiger partial charge is 0.270 e. The molecule has 2 aliphatic heterocycles. The maximum Gasteiger partial charge on any atom is 0.270 e. The number of nitrogens with one attached hydrogen (secondary N) is 2. The molecule has 28 heavy (non-hydrogen) atoms. The highest BCUT2D eigenvalue weighted by Crippen LogP contribution is 2.30. The molecule has 7 heteroatoms. The van der Waals surface area contributed by atoms with Crippen molar-refractivity contribution in [3.05, 3.63) is 35.5 Å². The lowest BCUT2D eigenvalue weighted by molar-refractivity contribution is -1.01. The second-order valence-electron chi connectivity index (χ2n) is 8.26. The highest BCUT2D eigenvalue weighted by molar-refractivity contribution is 6.02. The van der Waals surface area contributed by atoms with Crippen LogP contribution in [-0.4, -0.2) is 91.2 Å². The summed E-state index contributed by atoms with van der Waals surface area (Å²) in [5.41, 5.74) is 2.92. The Morgan fingerprint density at radius 2 is 1.86 bits per heavy atom. The number of hydrogen-bond donors (Lipinski definition) is 4. The minimum Gasteiger partial charge on any atom is -0.391 e. The summed E-state index contributed by atoms with van der Waals surface area (Å²) in [6.07, 6.45) is 0.372. The van der Waals surface area contributed by atoms with Crippen molar-refractivity contribution in [1.29, 1.82) is 0 Å². The maximum atomic E-state index is 12.9. The second kappa shape index (κ2) is 8.21. The largest absolute Gasteiger partial charge is 0.391 e. The van der Waals surface area contributed by atoms with Crippen LogP contribution in [0, 0.1) is 0 Å². The predicted octanol–water partition coefficient (Wildman–Crippen LogP) is -2.59. The van der Waals surface area contributed by atoms with Gasteiger partial charge in [0.05, 0.1) is 13.2 Å². The molecule has 4 N–H and O–H groups in total. The number of aliphatic hydroxyl groups excluding tert-OH is 2. The van der Waals surface area contributed by atoms with E-state index in [1.54, 1.807) is 4.90 Å². The van der Waals surface area contributed by atoms with Gasteiger partial charge in [-0.2, -0.15) is 0 Å². The quantitative estimate of drug-likeness (QED) is 0.439. The SMILES string of the molecule is CN1CCc2c(n(C[C@H](O)C[NH+]3CC[NH+](CCO)CC3)c3ccccc23)C1=O. The lowest BCUT2D eigenvalue weighted by atomic mass is 10.0. The Hall–Kier alpha value is -1.93. The summed E-state index contributed by atoms with van der Waals surface area (Å²) in [6.45, 7) is 7.03. The van der Waals surface area contributed by atoms with Gasteiger partial charge in [-0.3, -0.25) is 4.79 Å². The Balaban J connectivity index is 1.51. The number of nitrogens with zero attached hydrogens (tertiary/aromatic N) is 2. The monoisotopic (exact) mass is 388 g/mol. The molecule has 0 radical (unpaired) electrons. The molecule has 1 fully saturated rings. The first-order valence-electron chi connectivity index (χ1n) is 10.4. The molecule has 3 heterocycles. The van der Waals surface area contributed by atoms with E-state index in [4.69, 9.17) is 5.11 Å². The van der Waals surface area contributed by atoms with Gasteiger partial charge in [-0.1, -0.05) is 18.2 Å². The van der Waals surface area contributed by atoms with Crippen LogP contribution in [0.2, 0.25) is 0 Å². The lowest BCUT2D eigenvalue weighted by Crippen LogP contribution is -3.28. The van der Waals surface area contributed by atoms with Crippen LogP contribution in [0.3, 0.4) is 0 Å². The zero-order valence-electron chi connectivity index (χ0n) is 16.7. The minimum absolute atomic E-state index is 0.0539. The van der Waals surface area contributed by atoms with Crippen molar-refractivity contribution in [2.24, 2.45) is 0 Å². The number of carbonyl (C=O) groups excluding carboxylic acids is 1. The van der Waals surface area contributed by atoms with Gasteiger partial charge in [-0.15, -0.1) is 0 Å². The minimum atomic E-state index is -0.491. The number of aromatic nitrogens is 1. The average molecular weight is 389 g/mol. The number of piperazine rings is 1. The number of amides is 1. The van der Waals surface area contributed by atoms with E-state index in [-0.39, 0.29) is 12.5 Å². The van der Waals surface area contributed by atoms with Crippen molar-refractivity contribution in [2.45, 2.75) is 19.1 Å². The van der Waals surface area contributed by atoms with Gasteiger partial charge >= 0.3 is 0 Å². The molecule has 2 aliphatic rings. The molecule has 1 saturated heterocycles. The van der Waals surface area contributed by atoms with E-state index in [0.29, 0.717) is 13.1 Å². The van der Waals surface area contributed by atoms with Crippen molar-refractivity contribution in [3.8, 4) is 0 Å². The van der Waals surface area contributed by atoms with Crippen molar-refractivity contribution >= 4 is 16.8 Å². The van der Waals surface area contributed by atoms with Crippen molar-refractivity contribution in [2.75, 3.05) is 59.5 Å². The van der Waals surface area contributed by atoms with Gasteiger partial charge in [-0.05, 0) is 18.1 Å². The molecule has 0 saturated carbocycles.